The van der Waals surface area contributed by atoms with Crippen LogP contribution in [0.1, 0.15) is 24.8 Å². The molecule has 0 spiro atoms. The lowest BCUT2D eigenvalue weighted by molar-refractivity contribution is 0.122. The molecule has 112 valence electrons. The monoisotopic (exact) mass is 279 g/mol. The molecule has 0 unspecified atom stereocenters. The van der Waals surface area contributed by atoms with Crippen LogP contribution < -0.4 is 14.8 Å². The average Bonchev–Trinajstić information content (AvgIpc) is 3.30. The Balaban J connectivity index is 1.60. The maximum Gasteiger partial charge on any atom is 0.161 e. The first kappa shape index (κ1) is 15.1. The maximum atomic E-state index is 5.60. The van der Waals surface area contributed by atoms with Gasteiger partial charge in [0.2, 0.25) is 0 Å². The van der Waals surface area contributed by atoms with E-state index in [1.807, 2.05) is 12.1 Å². The van der Waals surface area contributed by atoms with Crippen molar-refractivity contribution in [1.29, 1.82) is 0 Å². The minimum Gasteiger partial charge on any atom is -0.493 e. The van der Waals surface area contributed by atoms with Gasteiger partial charge < -0.3 is 19.5 Å². The van der Waals surface area contributed by atoms with Crippen LogP contribution in [-0.4, -0.2) is 34.0 Å². The molecule has 1 aromatic carbocycles. The molecular weight excluding hydrogens is 254 g/mol. The Bertz CT molecular complexity index is 405. The highest BCUT2D eigenvalue weighted by Gasteiger charge is 2.20. The van der Waals surface area contributed by atoms with Gasteiger partial charge in [-0.3, -0.25) is 0 Å². The van der Waals surface area contributed by atoms with Gasteiger partial charge in [-0.05, 0) is 49.4 Å². The Morgan fingerprint density at radius 2 is 1.95 bits per heavy atom. The van der Waals surface area contributed by atoms with Crippen LogP contribution in [0, 0.1) is 5.92 Å². The van der Waals surface area contributed by atoms with Crippen molar-refractivity contribution in [2.24, 2.45) is 5.92 Å². The quantitative estimate of drug-likeness (QED) is 0.668. The number of ether oxygens (including phenoxy) is 3. The molecule has 1 N–H and O–H groups in total. The standard InChI is InChI=1S/C16H25NO3/c1-18-15-7-6-14(10-16(15)19-2)11-17-8-3-9-20-12-13-4-5-13/h6-7,10,13,17H,3-5,8-9,11-12H2,1-2H3. The predicted molar refractivity (Wildman–Crippen MR) is 79.4 cm³/mol. The lowest BCUT2D eigenvalue weighted by Gasteiger charge is -2.10. The fourth-order valence-electron chi connectivity index (χ4n) is 2.06. The summed E-state index contributed by atoms with van der Waals surface area (Å²) in [6.45, 7) is 3.62. The summed E-state index contributed by atoms with van der Waals surface area (Å²) in [5.41, 5.74) is 1.20. The van der Waals surface area contributed by atoms with Gasteiger partial charge in [0.25, 0.3) is 0 Å². The zero-order valence-electron chi connectivity index (χ0n) is 12.5. The van der Waals surface area contributed by atoms with E-state index in [9.17, 15) is 0 Å². The summed E-state index contributed by atoms with van der Waals surface area (Å²) in [4.78, 5) is 0. The van der Waals surface area contributed by atoms with E-state index in [2.05, 4.69) is 11.4 Å². The van der Waals surface area contributed by atoms with Crippen molar-refractivity contribution in [3.05, 3.63) is 23.8 Å². The normalized spacial score (nSPS) is 14.3. The molecule has 0 aromatic heterocycles. The minimum atomic E-state index is 0.768. The van der Waals surface area contributed by atoms with Gasteiger partial charge in [-0.25, -0.2) is 0 Å². The third-order valence-corrected chi connectivity index (χ3v) is 3.47. The van der Waals surface area contributed by atoms with Gasteiger partial charge in [-0.1, -0.05) is 6.07 Å². The van der Waals surface area contributed by atoms with E-state index in [-0.39, 0.29) is 0 Å². The van der Waals surface area contributed by atoms with Crippen LogP contribution in [-0.2, 0) is 11.3 Å². The third kappa shape index (κ3) is 5.02. The van der Waals surface area contributed by atoms with Crippen LogP contribution in [0.2, 0.25) is 0 Å². The minimum absolute atomic E-state index is 0.768. The summed E-state index contributed by atoms with van der Waals surface area (Å²) >= 11 is 0. The van der Waals surface area contributed by atoms with Crippen molar-refractivity contribution < 1.29 is 14.2 Å². The molecule has 0 atom stereocenters. The smallest absolute Gasteiger partial charge is 0.161 e. The van der Waals surface area contributed by atoms with E-state index in [0.29, 0.717) is 0 Å². The van der Waals surface area contributed by atoms with E-state index in [0.717, 1.165) is 50.1 Å². The molecule has 1 aliphatic carbocycles. The molecule has 2 rings (SSSR count). The third-order valence-electron chi connectivity index (χ3n) is 3.47. The SMILES string of the molecule is COc1ccc(CNCCCOCC2CC2)cc1OC. The highest BCUT2D eigenvalue weighted by atomic mass is 16.5. The molecule has 0 bridgehead atoms. The van der Waals surface area contributed by atoms with Crippen molar-refractivity contribution in [2.45, 2.75) is 25.8 Å². The number of hydrogen-bond acceptors (Lipinski definition) is 4. The highest BCUT2D eigenvalue weighted by Crippen LogP contribution is 2.29. The Kier molecular flexibility index (Phi) is 6.15. The molecule has 1 aliphatic rings. The molecule has 0 saturated heterocycles. The first-order valence-electron chi connectivity index (χ1n) is 7.33. The number of hydrogen-bond donors (Lipinski definition) is 1. The summed E-state index contributed by atoms with van der Waals surface area (Å²) in [5, 5.41) is 3.42. The van der Waals surface area contributed by atoms with Crippen molar-refractivity contribution >= 4 is 0 Å². The Morgan fingerprint density at radius 3 is 2.65 bits per heavy atom. The lowest BCUT2D eigenvalue weighted by Crippen LogP contribution is -2.16. The topological polar surface area (TPSA) is 39.7 Å². The molecule has 20 heavy (non-hydrogen) atoms. The summed E-state index contributed by atoms with van der Waals surface area (Å²) in [6.07, 6.45) is 3.77. The van der Waals surface area contributed by atoms with Crippen molar-refractivity contribution in [1.82, 2.24) is 5.32 Å². The molecule has 1 aromatic rings. The Hall–Kier alpha value is -1.26. The van der Waals surface area contributed by atoms with Crippen LogP contribution in [0.25, 0.3) is 0 Å². The number of benzene rings is 1. The molecule has 1 saturated carbocycles. The van der Waals surface area contributed by atoms with Gasteiger partial charge in [-0.15, -0.1) is 0 Å². The van der Waals surface area contributed by atoms with Gasteiger partial charge in [0.1, 0.15) is 0 Å². The van der Waals surface area contributed by atoms with Crippen molar-refractivity contribution in [3.8, 4) is 11.5 Å². The first-order valence-corrected chi connectivity index (χ1v) is 7.33. The fourth-order valence-corrected chi connectivity index (χ4v) is 2.06. The van der Waals surface area contributed by atoms with Gasteiger partial charge >= 0.3 is 0 Å². The van der Waals surface area contributed by atoms with Crippen LogP contribution in [0.3, 0.4) is 0 Å². The summed E-state index contributed by atoms with van der Waals surface area (Å²) in [7, 11) is 3.31. The maximum absolute atomic E-state index is 5.60. The van der Waals surface area contributed by atoms with Gasteiger partial charge in [0.15, 0.2) is 11.5 Å². The largest absolute Gasteiger partial charge is 0.493 e. The Morgan fingerprint density at radius 1 is 1.15 bits per heavy atom. The van der Waals surface area contributed by atoms with E-state index in [1.165, 1.54) is 18.4 Å². The predicted octanol–water partition coefficient (Wildman–Crippen LogP) is 2.61. The summed E-state index contributed by atoms with van der Waals surface area (Å²) in [5.74, 6) is 2.40. The molecule has 4 heteroatoms. The highest BCUT2D eigenvalue weighted by molar-refractivity contribution is 5.42. The number of nitrogens with one attached hydrogen (secondary N) is 1. The Labute approximate surface area is 121 Å². The molecule has 1 fully saturated rings. The molecule has 0 aliphatic heterocycles. The van der Waals surface area contributed by atoms with E-state index < -0.39 is 0 Å². The number of rotatable bonds is 10. The lowest BCUT2D eigenvalue weighted by atomic mass is 10.2. The number of methoxy groups -OCH3 is 2. The van der Waals surface area contributed by atoms with E-state index in [1.54, 1.807) is 14.2 Å². The van der Waals surface area contributed by atoms with E-state index >= 15 is 0 Å². The summed E-state index contributed by atoms with van der Waals surface area (Å²) in [6, 6.07) is 6.00. The molecule has 4 nitrogen and oxygen atoms in total. The second-order valence-electron chi connectivity index (χ2n) is 5.24. The van der Waals surface area contributed by atoms with Crippen molar-refractivity contribution in [3.63, 3.8) is 0 Å². The zero-order valence-corrected chi connectivity index (χ0v) is 12.5. The van der Waals surface area contributed by atoms with Gasteiger partial charge in [-0.2, -0.15) is 0 Å². The van der Waals surface area contributed by atoms with E-state index in [4.69, 9.17) is 14.2 Å². The summed E-state index contributed by atoms with van der Waals surface area (Å²) < 4.78 is 16.1. The molecule has 0 amide bonds. The molecular formula is C16H25NO3. The van der Waals surface area contributed by atoms with Crippen LogP contribution in [0.5, 0.6) is 11.5 Å². The van der Waals surface area contributed by atoms with Gasteiger partial charge in [0, 0.05) is 19.8 Å². The molecule has 0 heterocycles. The second-order valence-corrected chi connectivity index (χ2v) is 5.24. The van der Waals surface area contributed by atoms with Crippen molar-refractivity contribution in [2.75, 3.05) is 34.0 Å². The van der Waals surface area contributed by atoms with Gasteiger partial charge in [0.05, 0.1) is 14.2 Å². The fraction of sp³-hybridized carbons (Fsp3) is 0.625. The second kappa shape index (κ2) is 8.12. The van der Waals surface area contributed by atoms with Crippen LogP contribution in [0.15, 0.2) is 18.2 Å². The average molecular weight is 279 g/mol. The zero-order chi connectivity index (χ0) is 14.2. The first-order chi connectivity index (χ1) is 9.83. The molecule has 0 radical (unpaired) electrons. The van der Waals surface area contributed by atoms with Crippen LogP contribution in [0.4, 0.5) is 0 Å². The van der Waals surface area contributed by atoms with Crippen LogP contribution >= 0.6 is 0 Å².